The van der Waals surface area contributed by atoms with E-state index in [1.807, 2.05) is 26.0 Å². The van der Waals surface area contributed by atoms with Crippen LogP contribution in [-0.4, -0.2) is 72.7 Å². The summed E-state index contributed by atoms with van der Waals surface area (Å²) in [7, 11) is 0. The first kappa shape index (κ1) is 28.3. The third-order valence-corrected chi connectivity index (χ3v) is 8.51. The number of carbonyl (C=O) groups is 4. The van der Waals surface area contributed by atoms with Gasteiger partial charge in [0.25, 0.3) is 0 Å². The molecule has 0 heterocycles. The van der Waals surface area contributed by atoms with E-state index in [1.54, 1.807) is 0 Å². The summed E-state index contributed by atoms with van der Waals surface area (Å²) in [4.78, 5) is 48.8. The van der Waals surface area contributed by atoms with E-state index < -0.39 is 35.0 Å². The van der Waals surface area contributed by atoms with Crippen molar-refractivity contribution in [3.8, 4) is 0 Å². The second-order valence-corrected chi connectivity index (χ2v) is 11.6. The van der Waals surface area contributed by atoms with Crippen molar-refractivity contribution in [2.75, 3.05) is 26.4 Å². The number of rotatable bonds is 13. The maximum Gasteiger partial charge on any atom is 0.312 e. The normalized spacial score (nSPS) is 33.7. The highest BCUT2D eigenvalue weighted by Crippen LogP contribution is 2.53. The Labute approximate surface area is 222 Å². The van der Waals surface area contributed by atoms with Crippen molar-refractivity contribution in [2.45, 2.75) is 64.6 Å². The Balaban J connectivity index is 1.04. The molecule has 0 radical (unpaired) electrons. The number of carbonyl (C=O) groups excluding carboxylic acids is 4. The minimum atomic E-state index is -1.18. The molecule has 2 fully saturated rings. The molecule has 8 unspecified atom stereocenters. The van der Waals surface area contributed by atoms with Gasteiger partial charge in [-0.15, -0.1) is 0 Å². The number of aliphatic hydroxyl groups excluding tert-OH is 2. The summed E-state index contributed by atoms with van der Waals surface area (Å²) in [6.45, 7) is 2.43. The van der Waals surface area contributed by atoms with Gasteiger partial charge in [0, 0.05) is 0 Å². The van der Waals surface area contributed by atoms with Crippen molar-refractivity contribution in [3.05, 3.63) is 24.3 Å². The van der Waals surface area contributed by atoms with Crippen LogP contribution in [0.1, 0.15) is 52.4 Å². The van der Waals surface area contributed by atoms with E-state index in [4.69, 9.17) is 18.9 Å². The molecule has 0 aromatic carbocycles. The molecule has 0 spiro atoms. The van der Waals surface area contributed by atoms with E-state index in [9.17, 15) is 29.4 Å². The van der Waals surface area contributed by atoms with Crippen LogP contribution in [0.3, 0.4) is 0 Å². The minimum Gasteiger partial charge on any atom is -0.463 e. The zero-order valence-electron chi connectivity index (χ0n) is 22.0. The van der Waals surface area contributed by atoms with Gasteiger partial charge in [0.2, 0.25) is 0 Å². The quantitative estimate of drug-likeness (QED) is 0.204. The molecule has 38 heavy (non-hydrogen) atoms. The van der Waals surface area contributed by atoms with E-state index in [2.05, 4.69) is 12.2 Å². The molecule has 2 N–H and O–H groups in total. The molecule has 4 aliphatic carbocycles. The third kappa shape index (κ3) is 6.29. The zero-order valence-corrected chi connectivity index (χ0v) is 22.0. The largest absolute Gasteiger partial charge is 0.463 e. The Morgan fingerprint density at radius 1 is 0.684 bits per heavy atom. The predicted octanol–water partition coefficient (Wildman–Crippen LogP) is 1.87. The van der Waals surface area contributed by atoms with E-state index >= 15 is 0 Å². The number of aliphatic hydroxyl groups is 2. The predicted molar refractivity (Wildman–Crippen MR) is 132 cm³/mol. The first-order valence-electron chi connectivity index (χ1n) is 13.4. The van der Waals surface area contributed by atoms with Gasteiger partial charge >= 0.3 is 23.9 Å². The summed E-state index contributed by atoms with van der Waals surface area (Å²) in [5, 5.41) is 20.0. The maximum absolute atomic E-state index is 12.5. The molecule has 10 heteroatoms. The molecule has 8 atom stereocenters. The van der Waals surface area contributed by atoms with Crippen molar-refractivity contribution in [1.82, 2.24) is 0 Å². The number of ether oxygens (including phenoxy) is 4. The Kier molecular flexibility index (Phi) is 8.62. The van der Waals surface area contributed by atoms with Crippen LogP contribution in [0.2, 0.25) is 0 Å². The van der Waals surface area contributed by atoms with Gasteiger partial charge < -0.3 is 29.2 Å². The molecule has 4 aliphatic rings. The monoisotopic (exact) mass is 534 g/mol. The van der Waals surface area contributed by atoms with E-state index in [0.717, 1.165) is 25.7 Å². The van der Waals surface area contributed by atoms with Gasteiger partial charge in [-0.3, -0.25) is 19.2 Å². The lowest BCUT2D eigenvalue weighted by Gasteiger charge is -2.29. The van der Waals surface area contributed by atoms with Crippen LogP contribution in [0.5, 0.6) is 0 Å². The van der Waals surface area contributed by atoms with E-state index in [1.165, 1.54) is 0 Å². The van der Waals surface area contributed by atoms with Crippen LogP contribution in [0.15, 0.2) is 24.3 Å². The van der Waals surface area contributed by atoms with Crippen LogP contribution in [0, 0.1) is 34.5 Å². The number of fused-ring (bicyclic) bond motifs is 4. The van der Waals surface area contributed by atoms with Gasteiger partial charge in [0.15, 0.2) is 0 Å². The van der Waals surface area contributed by atoms with E-state index in [-0.39, 0.29) is 63.0 Å². The van der Waals surface area contributed by atoms with Crippen LogP contribution in [-0.2, 0) is 38.1 Å². The van der Waals surface area contributed by atoms with Gasteiger partial charge in [-0.25, -0.2) is 0 Å². The molecule has 2 saturated carbocycles. The first-order valence-corrected chi connectivity index (χ1v) is 13.4. The Hall–Kier alpha value is -2.72. The number of allylic oxidation sites excluding steroid dienone is 4. The second kappa shape index (κ2) is 11.6. The Morgan fingerprint density at radius 2 is 1.05 bits per heavy atom. The zero-order chi connectivity index (χ0) is 27.5. The molecule has 10 nitrogen and oxygen atoms in total. The summed E-state index contributed by atoms with van der Waals surface area (Å²) < 4.78 is 20.4. The molecule has 210 valence electrons. The van der Waals surface area contributed by atoms with Gasteiger partial charge in [0.05, 0.1) is 23.7 Å². The van der Waals surface area contributed by atoms with Crippen molar-refractivity contribution < 1.29 is 48.3 Å². The molecule has 0 aromatic heterocycles. The molecule has 0 saturated heterocycles. The van der Waals surface area contributed by atoms with Crippen LogP contribution in [0.4, 0.5) is 0 Å². The fraction of sp³-hybridized carbons (Fsp3) is 0.714. The van der Waals surface area contributed by atoms with Gasteiger partial charge in [-0.05, 0) is 63.2 Å². The molecule has 4 rings (SSSR count). The Bertz CT molecular complexity index is 910. The average Bonchev–Trinajstić information content (AvgIpc) is 3.68. The molecule has 4 bridgehead atoms. The Morgan fingerprint density at radius 3 is 1.37 bits per heavy atom. The maximum atomic E-state index is 12.5. The highest BCUT2D eigenvalue weighted by molar-refractivity contribution is 5.79. The van der Waals surface area contributed by atoms with Crippen molar-refractivity contribution >= 4 is 23.9 Å². The molecular formula is C28H38O10. The fourth-order valence-corrected chi connectivity index (χ4v) is 6.15. The molecular weight excluding hydrogens is 496 g/mol. The van der Waals surface area contributed by atoms with E-state index in [0.29, 0.717) is 11.8 Å². The minimum absolute atomic E-state index is 0.152. The lowest BCUT2D eigenvalue weighted by molar-refractivity contribution is -0.164. The standard InChI is InChI=1S/C28H38O10/c1-27(11-17-3-5-19(27)9-17)25(33)37-15-21(29)13-35-23(31)7-8-24(32)36-14-22(30)16-38-26(34)28(2)12-18-4-6-20(28)10-18/h3-6,17-22,29-30H,7-16H2,1-2H3. The summed E-state index contributed by atoms with van der Waals surface area (Å²) in [5.41, 5.74) is -1.17. The van der Waals surface area contributed by atoms with Crippen molar-refractivity contribution in [2.24, 2.45) is 34.5 Å². The number of hydrogen-bond donors (Lipinski definition) is 2. The van der Waals surface area contributed by atoms with Gasteiger partial charge in [0.1, 0.15) is 38.6 Å². The molecule has 0 aromatic rings. The second-order valence-electron chi connectivity index (χ2n) is 11.6. The molecule has 0 amide bonds. The first-order chi connectivity index (χ1) is 18.0. The van der Waals surface area contributed by atoms with Gasteiger partial charge in [-0.1, -0.05) is 24.3 Å². The van der Waals surface area contributed by atoms with Crippen molar-refractivity contribution in [3.63, 3.8) is 0 Å². The summed E-state index contributed by atoms with van der Waals surface area (Å²) >= 11 is 0. The average molecular weight is 535 g/mol. The molecule has 0 aliphatic heterocycles. The lowest BCUT2D eigenvalue weighted by atomic mass is 9.78. The highest BCUT2D eigenvalue weighted by Gasteiger charge is 2.52. The lowest BCUT2D eigenvalue weighted by Crippen LogP contribution is -2.36. The van der Waals surface area contributed by atoms with Crippen LogP contribution in [0.25, 0.3) is 0 Å². The number of hydrogen-bond acceptors (Lipinski definition) is 10. The fourth-order valence-electron chi connectivity index (χ4n) is 6.15. The number of esters is 4. The van der Waals surface area contributed by atoms with Crippen molar-refractivity contribution in [1.29, 1.82) is 0 Å². The topological polar surface area (TPSA) is 146 Å². The van der Waals surface area contributed by atoms with Crippen LogP contribution < -0.4 is 0 Å². The van der Waals surface area contributed by atoms with Gasteiger partial charge in [-0.2, -0.15) is 0 Å². The summed E-state index contributed by atoms with van der Waals surface area (Å²) in [6.07, 6.45) is 8.78. The van der Waals surface area contributed by atoms with Crippen LogP contribution >= 0.6 is 0 Å². The third-order valence-electron chi connectivity index (χ3n) is 8.51. The summed E-state index contributed by atoms with van der Waals surface area (Å²) in [5.74, 6) is -1.08. The summed E-state index contributed by atoms with van der Waals surface area (Å²) in [6, 6.07) is 0. The SMILES string of the molecule is CC1(C(=O)OCC(O)COC(=O)CCC(=O)OCC(O)COC(=O)C2(C)CC3C=CC2C3)CC2C=CC1C2. The highest BCUT2D eigenvalue weighted by atomic mass is 16.6. The smallest absolute Gasteiger partial charge is 0.312 e.